The van der Waals surface area contributed by atoms with Crippen molar-refractivity contribution in [3.8, 4) is 6.07 Å². The van der Waals surface area contributed by atoms with Gasteiger partial charge in [-0.3, -0.25) is 0 Å². The molecule has 1 amide bonds. The number of carboxylic acid groups (broad SMARTS) is 1. The van der Waals surface area contributed by atoms with Crippen LogP contribution in [0.5, 0.6) is 0 Å². The number of amides is 1. The second-order valence-corrected chi connectivity index (χ2v) is 8.76. The second kappa shape index (κ2) is 6.79. The van der Waals surface area contributed by atoms with Crippen LogP contribution >= 0.6 is 0 Å². The highest BCUT2D eigenvalue weighted by atomic mass is 16.4. The number of rotatable bonds is 1. The zero-order valence-electron chi connectivity index (χ0n) is 15.9. The molecule has 0 saturated carbocycles. The molecule has 1 aromatic heterocycles. The monoisotopic (exact) mass is 356 g/mol. The van der Waals surface area contributed by atoms with Gasteiger partial charge in [-0.05, 0) is 48.1 Å². The average Bonchev–Trinajstić information content (AvgIpc) is 2.62. The summed E-state index contributed by atoms with van der Waals surface area (Å²) >= 11 is 0. The number of pyridine rings is 1. The van der Waals surface area contributed by atoms with Crippen molar-refractivity contribution in [3.63, 3.8) is 0 Å². The Hall–Kier alpha value is -2.29. The molecule has 0 aromatic carbocycles. The van der Waals surface area contributed by atoms with Gasteiger partial charge < -0.3 is 14.9 Å². The summed E-state index contributed by atoms with van der Waals surface area (Å²) < 4.78 is 0. The third-order valence-electron chi connectivity index (χ3n) is 6.30. The molecule has 0 bridgehead atoms. The van der Waals surface area contributed by atoms with Gasteiger partial charge in [-0.25, -0.2) is 9.78 Å². The molecule has 1 N–H and O–H groups in total. The van der Waals surface area contributed by atoms with E-state index in [1.807, 2.05) is 12.1 Å². The predicted octanol–water partition coefficient (Wildman–Crippen LogP) is 3.59. The van der Waals surface area contributed by atoms with E-state index in [4.69, 9.17) is 5.26 Å². The molecule has 1 atom stereocenters. The Morgan fingerprint density at radius 3 is 2.42 bits per heavy atom. The summed E-state index contributed by atoms with van der Waals surface area (Å²) in [5.74, 6) is 1.28. The number of carbonyl (C=O) groups is 1. The van der Waals surface area contributed by atoms with E-state index >= 15 is 0 Å². The molecule has 2 aliphatic rings. The lowest BCUT2D eigenvalue weighted by molar-refractivity contribution is -0.0374. The van der Waals surface area contributed by atoms with Gasteiger partial charge in [0.1, 0.15) is 11.9 Å². The molecule has 2 fully saturated rings. The van der Waals surface area contributed by atoms with Crippen LogP contribution in [0.25, 0.3) is 0 Å². The van der Waals surface area contributed by atoms with Crippen molar-refractivity contribution in [1.29, 1.82) is 5.26 Å². The van der Waals surface area contributed by atoms with Crippen LogP contribution in [0.4, 0.5) is 10.6 Å². The Balaban J connectivity index is 1.74. The van der Waals surface area contributed by atoms with Gasteiger partial charge in [0.2, 0.25) is 0 Å². The van der Waals surface area contributed by atoms with Gasteiger partial charge in [-0.1, -0.05) is 20.8 Å². The molecule has 1 aromatic rings. The van der Waals surface area contributed by atoms with Crippen molar-refractivity contribution in [1.82, 2.24) is 9.88 Å². The third kappa shape index (κ3) is 3.48. The van der Waals surface area contributed by atoms with Gasteiger partial charge in [-0.2, -0.15) is 5.26 Å². The highest BCUT2D eigenvalue weighted by Crippen LogP contribution is 2.52. The summed E-state index contributed by atoms with van der Waals surface area (Å²) in [6, 6.07) is 5.84. The topological polar surface area (TPSA) is 80.5 Å². The van der Waals surface area contributed by atoms with E-state index in [0.29, 0.717) is 24.6 Å². The van der Waals surface area contributed by atoms with Crippen molar-refractivity contribution in [2.75, 3.05) is 31.1 Å². The summed E-state index contributed by atoms with van der Waals surface area (Å²) in [4.78, 5) is 19.8. The quantitative estimate of drug-likeness (QED) is 0.832. The van der Waals surface area contributed by atoms with Gasteiger partial charge in [0.15, 0.2) is 0 Å². The third-order valence-corrected chi connectivity index (χ3v) is 6.30. The smallest absolute Gasteiger partial charge is 0.407 e. The summed E-state index contributed by atoms with van der Waals surface area (Å²) in [6.07, 6.45) is 3.89. The number of piperidine rings is 2. The summed E-state index contributed by atoms with van der Waals surface area (Å²) in [6.45, 7) is 9.83. The molecule has 2 aliphatic heterocycles. The van der Waals surface area contributed by atoms with Crippen molar-refractivity contribution < 1.29 is 9.90 Å². The van der Waals surface area contributed by atoms with Crippen LogP contribution in [0.15, 0.2) is 18.3 Å². The lowest BCUT2D eigenvalue weighted by Crippen LogP contribution is -2.56. The zero-order valence-corrected chi connectivity index (χ0v) is 15.9. The first-order valence-electron chi connectivity index (χ1n) is 9.34. The molecule has 26 heavy (non-hydrogen) atoms. The molecule has 6 heteroatoms. The molecular formula is C20H28N4O2. The van der Waals surface area contributed by atoms with Gasteiger partial charge in [-0.15, -0.1) is 0 Å². The van der Waals surface area contributed by atoms with Crippen LogP contribution in [0.2, 0.25) is 0 Å². The molecule has 0 radical (unpaired) electrons. The van der Waals surface area contributed by atoms with Crippen LogP contribution < -0.4 is 4.90 Å². The average molecular weight is 356 g/mol. The van der Waals surface area contributed by atoms with Crippen LogP contribution in [0.3, 0.4) is 0 Å². The van der Waals surface area contributed by atoms with Crippen molar-refractivity contribution >= 4 is 11.9 Å². The Kier molecular flexibility index (Phi) is 4.83. The highest BCUT2D eigenvalue weighted by Gasteiger charge is 2.49. The summed E-state index contributed by atoms with van der Waals surface area (Å²) in [5.41, 5.74) is 0.854. The van der Waals surface area contributed by atoms with Crippen LogP contribution in [0.1, 0.15) is 45.6 Å². The van der Waals surface area contributed by atoms with Crippen LogP contribution in [0, 0.1) is 28.1 Å². The minimum Gasteiger partial charge on any atom is -0.465 e. The van der Waals surface area contributed by atoms with Crippen LogP contribution in [-0.2, 0) is 0 Å². The second-order valence-electron chi connectivity index (χ2n) is 8.76. The number of nitriles is 1. The lowest BCUT2D eigenvalue weighted by atomic mass is 9.57. The maximum absolute atomic E-state index is 11.5. The number of anilines is 1. The number of aromatic nitrogens is 1. The Morgan fingerprint density at radius 2 is 1.92 bits per heavy atom. The molecule has 3 rings (SSSR count). The molecule has 3 heterocycles. The van der Waals surface area contributed by atoms with Gasteiger partial charge in [0, 0.05) is 32.4 Å². The predicted molar refractivity (Wildman–Crippen MR) is 100.0 cm³/mol. The maximum Gasteiger partial charge on any atom is 0.407 e. The van der Waals surface area contributed by atoms with Crippen LogP contribution in [-0.4, -0.2) is 47.3 Å². The number of hydrogen-bond acceptors (Lipinski definition) is 4. The SMILES string of the molecule is CC(C)(C)C1CN(C(=O)O)CCC12CCN(c1ccc(C#N)cn1)CC2. The van der Waals surface area contributed by atoms with E-state index in [2.05, 4.69) is 36.7 Å². The van der Waals surface area contributed by atoms with Gasteiger partial charge in [0.25, 0.3) is 0 Å². The zero-order chi connectivity index (χ0) is 18.9. The maximum atomic E-state index is 11.5. The fourth-order valence-corrected chi connectivity index (χ4v) is 4.82. The van der Waals surface area contributed by atoms with E-state index in [-0.39, 0.29) is 10.8 Å². The standard InChI is InChI=1S/C20H28N4O2/c1-19(2,3)16-14-24(18(25)26)11-8-20(16)6-9-23(10-7-20)17-5-4-15(12-21)13-22-17/h4-5,13,16H,6-11,14H2,1-3H3,(H,25,26). The Labute approximate surface area is 155 Å². The van der Waals surface area contributed by atoms with E-state index in [1.165, 1.54) is 0 Å². The highest BCUT2D eigenvalue weighted by molar-refractivity contribution is 5.65. The molecule has 0 aliphatic carbocycles. The van der Waals surface area contributed by atoms with E-state index in [9.17, 15) is 9.90 Å². The minimum absolute atomic E-state index is 0.0724. The number of hydrogen-bond donors (Lipinski definition) is 1. The molecule has 140 valence electrons. The molecule has 1 spiro atoms. The van der Waals surface area contributed by atoms with Crippen molar-refractivity contribution in [2.24, 2.45) is 16.7 Å². The molecule has 6 nitrogen and oxygen atoms in total. The van der Waals surface area contributed by atoms with E-state index in [1.54, 1.807) is 11.1 Å². The number of likely N-dealkylation sites (tertiary alicyclic amines) is 1. The largest absolute Gasteiger partial charge is 0.465 e. The summed E-state index contributed by atoms with van der Waals surface area (Å²) in [7, 11) is 0. The Bertz CT molecular complexity index is 694. The number of nitrogens with zero attached hydrogens (tertiary/aromatic N) is 4. The summed E-state index contributed by atoms with van der Waals surface area (Å²) in [5, 5.41) is 18.3. The van der Waals surface area contributed by atoms with Crippen molar-refractivity contribution in [3.05, 3.63) is 23.9 Å². The first kappa shape index (κ1) is 18.5. The normalized spacial score (nSPS) is 22.9. The molecule has 2 saturated heterocycles. The fraction of sp³-hybridized carbons (Fsp3) is 0.650. The Morgan fingerprint density at radius 1 is 1.27 bits per heavy atom. The van der Waals surface area contributed by atoms with Gasteiger partial charge in [0.05, 0.1) is 5.56 Å². The first-order chi connectivity index (χ1) is 12.2. The fourth-order valence-electron chi connectivity index (χ4n) is 4.82. The lowest BCUT2D eigenvalue weighted by Gasteiger charge is -2.55. The van der Waals surface area contributed by atoms with E-state index < -0.39 is 6.09 Å². The van der Waals surface area contributed by atoms with Gasteiger partial charge >= 0.3 is 6.09 Å². The molecule has 1 unspecified atom stereocenters. The molecular weight excluding hydrogens is 328 g/mol. The minimum atomic E-state index is -0.798. The van der Waals surface area contributed by atoms with E-state index in [0.717, 1.165) is 38.2 Å². The van der Waals surface area contributed by atoms with Crippen molar-refractivity contribution in [2.45, 2.75) is 40.0 Å². The first-order valence-corrected chi connectivity index (χ1v) is 9.34.